The first-order chi connectivity index (χ1) is 19.6. The summed E-state index contributed by atoms with van der Waals surface area (Å²) in [6, 6.07) is 21.7. The van der Waals surface area contributed by atoms with Gasteiger partial charge in [0.1, 0.15) is 11.6 Å². The van der Waals surface area contributed by atoms with E-state index < -0.39 is 15.8 Å². The van der Waals surface area contributed by atoms with Gasteiger partial charge in [0.25, 0.3) is 0 Å². The van der Waals surface area contributed by atoms with Crippen molar-refractivity contribution >= 4 is 38.7 Å². The minimum absolute atomic E-state index is 0.159. The third-order valence-electron chi connectivity index (χ3n) is 6.51. The number of hydrogen-bond donors (Lipinski definition) is 2. The molecule has 3 aromatic carbocycles. The molecule has 2 N–H and O–H groups in total. The molecule has 0 aliphatic rings. The molecule has 1 unspecified atom stereocenters. The van der Waals surface area contributed by atoms with Gasteiger partial charge in [-0.15, -0.1) is 5.10 Å². The number of carbonyl (C=O) groups is 1. The van der Waals surface area contributed by atoms with E-state index in [-0.39, 0.29) is 16.6 Å². The number of pyridine rings is 1. The molecule has 2 heterocycles. The van der Waals surface area contributed by atoms with E-state index in [0.29, 0.717) is 35.3 Å². The zero-order chi connectivity index (χ0) is 29.1. The molecule has 11 heteroatoms. The van der Waals surface area contributed by atoms with E-state index in [2.05, 4.69) is 20.7 Å². The molecule has 0 aliphatic heterocycles. The Bertz CT molecular complexity index is 1820. The van der Waals surface area contributed by atoms with Crippen LogP contribution in [0.25, 0.3) is 16.8 Å². The number of rotatable bonds is 9. The summed E-state index contributed by atoms with van der Waals surface area (Å²) in [6.07, 6.45) is 2.99. The van der Waals surface area contributed by atoms with Crippen molar-refractivity contribution in [3.8, 4) is 16.9 Å². The van der Waals surface area contributed by atoms with Gasteiger partial charge in [-0.25, -0.2) is 17.3 Å². The predicted octanol–water partition coefficient (Wildman–Crippen LogP) is 5.82. The van der Waals surface area contributed by atoms with E-state index in [4.69, 9.17) is 4.74 Å². The third-order valence-corrected chi connectivity index (χ3v) is 7.62. The van der Waals surface area contributed by atoms with Gasteiger partial charge in [0, 0.05) is 29.8 Å². The van der Waals surface area contributed by atoms with E-state index >= 15 is 0 Å². The van der Waals surface area contributed by atoms with Crippen LogP contribution in [-0.4, -0.2) is 41.8 Å². The number of benzene rings is 3. The van der Waals surface area contributed by atoms with E-state index in [1.54, 1.807) is 29.6 Å². The summed E-state index contributed by atoms with van der Waals surface area (Å²) in [6.45, 7) is 3.95. The Hall–Kier alpha value is -4.77. The van der Waals surface area contributed by atoms with Crippen molar-refractivity contribution in [2.75, 3.05) is 23.5 Å². The standard InChI is InChI=1S/C30H28FN5O4S/c1-4-40-27-17-25(41(3,38)39)14-15-26(27)33-30-34-28-16-9-22(18-36(28)35-30)21-7-12-24(13-8-21)32-29(37)19(2)20-5-10-23(31)11-6-20/h5-19H,4H2,1-3H3,(H,32,37)(H,33,35). The highest BCUT2D eigenvalue weighted by atomic mass is 32.2. The van der Waals surface area contributed by atoms with Crippen molar-refractivity contribution in [3.63, 3.8) is 0 Å². The van der Waals surface area contributed by atoms with E-state index in [9.17, 15) is 17.6 Å². The summed E-state index contributed by atoms with van der Waals surface area (Å²) in [4.78, 5) is 17.4. The van der Waals surface area contributed by atoms with E-state index in [0.717, 1.165) is 22.9 Å². The lowest BCUT2D eigenvalue weighted by Crippen LogP contribution is -2.18. The molecule has 0 fully saturated rings. The second kappa shape index (κ2) is 11.4. The Morgan fingerprint density at radius 2 is 1.71 bits per heavy atom. The van der Waals surface area contributed by atoms with Gasteiger partial charge in [0.05, 0.1) is 23.1 Å². The predicted molar refractivity (Wildman–Crippen MR) is 156 cm³/mol. The second-order valence-corrected chi connectivity index (χ2v) is 11.5. The second-order valence-electron chi connectivity index (χ2n) is 9.48. The van der Waals surface area contributed by atoms with E-state index in [1.807, 2.05) is 49.5 Å². The molecule has 210 valence electrons. The topological polar surface area (TPSA) is 115 Å². The van der Waals surface area contributed by atoms with Crippen LogP contribution in [0, 0.1) is 5.82 Å². The summed E-state index contributed by atoms with van der Waals surface area (Å²) < 4.78 is 44.4. The fourth-order valence-electron chi connectivity index (χ4n) is 4.24. The monoisotopic (exact) mass is 573 g/mol. The first-order valence-electron chi connectivity index (χ1n) is 12.9. The van der Waals surface area contributed by atoms with Crippen LogP contribution in [0.15, 0.2) is 90.0 Å². The van der Waals surface area contributed by atoms with Crippen LogP contribution in [0.2, 0.25) is 0 Å². The van der Waals surface area contributed by atoms with Crippen molar-refractivity contribution in [1.29, 1.82) is 0 Å². The van der Waals surface area contributed by atoms with Gasteiger partial charge in [-0.1, -0.05) is 24.3 Å². The third kappa shape index (κ3) is 6.36. The number of halogens is 1. The molecule has 0 aliphatic carbocycles. The zero-order valence-electron chi connectivity index (χ0n) is 22.6. The van der Waals surface area contributed by atoms with Crippen LogP contribution >= 0.6 is 0 Å². The first kappa shape index (κ1) is 27.8. The summed E-state index contributed by atoms with van der Waals surface area (Å²) in [5.74, 6) is -0.259. The number of sulfone groups is 1. The van der Waals surface area contributed by atoms with Gasteiger partial charge in [-0.2, -0.15) is 4.98 Å². The molecule has 2 aromatic heterocycles. The summed E-state index contributed by atoms with van der Waals surface area (Å²) >= 11 is 0. The van der Waals surface area contributed by atoms with Crippen molar-refractivity contribution in [1.82, 2.24) is 14.6 Å². The summed E-state index contributed by atoms with van der Waals surface area (Å²) in [7, 11) is -3.39. The highest BCUT2D eigenvalue weighted by molar-refractivity contribution is 7.90. The highest BCUT2D eigenvalue weighted by Gasteiger charge is 2.16. The van der Waals surface area contributed by atoms with Crippen LogP contribution in [0.5, 0.6) is 5.75 Å². The maximum atomic E-state index is 13.2. The molecule has 0 radical (unpaired) electrons. The van der Waals surface area contributed by atoms with Crippen molar-refractivity contribution in [2.45, 2.75) is 24.7 Å². The summed E-state index contributed by atoms with van der Waals surface area (Å²) in [5.41, 5.74) is 4.33. The molecule has 0 saturated carbocycles. The van der Waals surface area contributed by atoms with Crippen molar-refractivity contribution in [2.24, 2.45) is 0 Å². The Balaban J connectivity index is 1.31. The van der Waals surface area contributed by atoms with Crippen molar-refractivity contribution < 1.29 is 22.3 Å². The zero-order valence-corrected chi connectivity index (χ0v) is 23.4. The largest absolute Gasteiger partial charge is 0.492 e. The van der Waals surface area contributed by atoms with Gasteiger partial charge in [0.2, 0.25) is 11.9 Å². The van der Waals surface area contributed by atoms with Gasteiger partial charge in [-0.05, 0) is 73.5 Å². The minimum Gasteiger partial charge on any atom is -0.492 e. The molecule has 0 spiro atoms. The fourth-order valence-corrected chi connectivity index (χ4v) is 4.87. The smallest absolute Gasteiger partial charge is 0.247 e. The molecule has 0 bridgehead atoms. The molecule has 1 amide bonds. The quantitative estimate of drug-likeness (QED) is 0.228. The van der Waals surface area contributed by atoms with Gasteiger partial charge in [-0.3, -0.25) is 4.79 Å². The number of nitrogens with zero attached hydrogens (tertiary/aromatic N) is 3. The lowest BCUT2D eigenvalue weighted by molar-refractivity contribution is -0.117. The van der Waals surface area contributed by atoms with Crippen LogP contribution in [0.1, 0.15) is 25.3 Å². The number of ether oxygens (including phenoxy) is 1. The Labute approximate surface area is 236 Å². The summed E-state index contributed by atoms with van der Waals surface area (Å²) in [5, 5.41) is 10.5. The lowest BCUT2D eigenvalue weighted by atomic mass is 10.00. The molecule has 41 heavy (non-hydrogen) atoms. The lowest BCUT2D eigenvalue weighted by Gasteiger charge is -2.13. The normalized spacial score (nSPS) is 12.2. The molecule has 0 saturated heterocycles. The molecule has 5 aromatic rings. The van der Waals surface area contributed by atoms with Crippen LogP contribution in [-0.2, 0) is 14.6 Å². The maximum absolute atomic E-state index is 13.2. The number of fused-ring (bicyclic) bond motifs is 1. The van der Waals surface area contributed by atoms with Gasteiger partial charge >= 0.3 is 0 Å². The van der Waals surface area contributed by atoms with Crippen LogP contribution in [0.3, 0.4) is 0 Å². The Morgan fingerprint density at radius 3 is 2.39 bits per heavy atom. The minimum atomic E-state index is -3.39. The highest BCUT2D eigenvalue weighted by Crippen LogP contribution is 2.30. The molecule has 5 rings (SSSR count). The molecular formula is C30H28FN5O4S. The van der Waals surface area contributed by atoms with E-state index in [1.165, 1.54) is 24.3 Å². The number of aromatic nitrogens is 3. The molecular weight excluding hydrogens is 545 g/mol. The average molecular weight is 574 g/mol. The molecule has 9 nitrogen and oxygen atoms in total. The number of nitrogens with one attached hydrogen (secondary N) is 2. The van der Waals surface area contributed by atoms with Crippen molar-refractivity contribution in [3.05, 3.63) is 96.4 Å². The SMILES string of the molecule is CCOc1cc(S(C)(=O)=O)ccc1Nc1nc2ccc(-c3ccc(NC(=O)C(C)c4ccc(F)cc4)cc3)cn2n1. The fraction of sp³-hybridized carbons (Fsp3) is 0.167. The number of hydrogen-bond acceptors (Lipinski definition) is 7. The Kier molecular flexibility index (Phi) is 7.71. The Morgan fingerprint density at radius 1 is 1.00 bits per heavy atom. The average Bonchev–Trinajstić information content (AvgIpc) is 3.35. The van der Waals surface area contributed by atoms with Gasteiger partial charge < -0.3 is 15.4 Å². The number of anilines is 3. The number of carbonyl (C=O) groups excluding carboxylic acids is 1. The van der Waals surface area contributed by atoms with Crippen LogP contribution in [0.4, 0.5) is 21.7 Å². The first-order valence-corrected chi connectivity index (χ1v) is 14.8. The van der Waals surface area contributed by atoms with Crippen LogP contribution < -0.4 is 15.4 Å². The van der Waals surface area contributed by atoms with Gasteiger partial charge in [0.15, 0.2) is 15.5 Å². The maximum Gasteiger partial charge on any atom is 0.247 e. The number of amides is 1. The molecule has 1 atom stereocenters.